The Morgan fingerprint density at radius 2 is 2.13 bits per heavy atom. The van der Waals surface area contributed by atoms with Gasteiger partial charge in [-0.2, -0.15) is 0 Å². The summed E-state index contributed by atoms with van der Waals surface area (Å²) in [5.74, 6) is 0. The summed E-state index contributed by atoms with van der Waals surface area (Å²) in [5.41, 5.74) is 1.02. The van der Waals surface area contributed by atoms with E-state index in [-0.39, 0.29) is 0 Å². The van der Waals surface area contributed by atoms with Gasteiger partial charge in [-0.1, -0.05) is 18.2 Å². The molecule has 3 N–H and O–H groups in total. The number of rotatable bonds is 2. The molecule has 1 aromatic carbocycles. The highest BCUT2D eigenvalue weighted by Gasteiger charge is 2.13. The fourth-order valence-corrected chi connectivity index (χ4v) is 1.91. The van der Waals surface area contributed by atoms with Crippen molar-refractivity contribution in [2.24, 2.45) is 0 Å². The van der Waals surface area contributed by atoms with Gasteiger partial charge in [0.25, 0.3) is 0 Å². The average molecular weight is 221 g/mol. The number of anilines is 1. The standard InChI is InChI=1S/C11H15N3S/c15-11(14-10-7-4-8-12-10)13-9-5-2-1-3-6-9/h1-3,5-6,10,12H,4,7-8H2,(H2,13,14,15)/t10-/m1/s1. The van der Waals surface area contributed by atoms with Crippen LogP contribution in [-0.4, -0.2) is 17.8 Å². The smallest absolute Gasteiger partial charge is 0.172 e. The van der Waals surface area contributed by atoms with Gasteiger partial charge in [-0.25, -0.2) is 0 Å². The van der Waals surface area contributed by atoms with Crippen LogP contribution in [0.15, 0.2) is 30.3 Å². The van der Waals surface area contributed by atoms with Crippen LogP contribution in [0.25, 0.3) is 0 Å². The maximum absolute atomic E-state index is 5.21. The molecule has 4 heteroatoms. The fourth-order valence-electron chi connectivity index (χ4n) is 1.65. The Bertz CT molecular complexity index is 320. The molecule has 0 bridgehead atoms. The Labute approximate surface area is 95.3 Å². The van der Waals surface area contributed by atoms with Crippen molar-refractivity contribution in [1.29, 1.82) is 0 Å². The molecule has 2 rings (SSSR count). The van der Waals surface area contributed by atoms with Crippen molar-refractivity contribution in [3.8, 4) is 0 Å². The van der Waals surface area contributed by atoms with Crippen LogP contribution in [0, 0.1) is 0 Å². The summed E-state index contributed by atoms with van der Waals surface area (Å²) in [4.78, 5) is 0. The van der Waals surface area contributed by atoms with E-state index in [1.165, 1.54) is 6.42 Å². The molecule has 1 aliphatic rings. The molecule has 0 unspecified atom stereocenters. The van der Waals surface area contributed by atoms with E-state index in [0.717, 1.165) is 18.7 Å². The third-order valence-electron chi connectivity index (χ3n) is 2.40. The predicted octanol–water partition coefficient (Wildman–Crippen LogP) is 1.68. The molecule has 0 saturated carbocycles. The summed E-state index contributed by atoms with van der Waals surface area (Å²) < 4.78 is 0. The summed E-state index contributed by atoms with van der Waals surface area (Å²) in [6, 6.07) is 9.95. The largest absolute Gasteiger partial charge is 0.347 e. The number of nitrogens with one attached hydrogen (secondary N) is 3. The highest BCUT2D eigenvalue weighted by atomic mass is 32.1. The molecule has 0 aromatic heterocycles. The maximum Gasteiger partial charge on any atom is 0.172 e. The Balaban J connectivity index is 1.82. The first-order valence-corrected chi connectivity index (χ1v) is 5.61. The van der Waals surface area contributed by atoms with Crippen molar-refractivity contribution in [1.82, 2.24) is 10.6 Å². The zero-order chi connectivity index (χ0) is 10.5. The van der Waals surface area contributed by atoms with E-state index in [1.54, 1.807) is 0 Å². The van der Waals surface area contributed by atoms with Gasteiger partial charge in [-0.05, 0) is 43.7 Å². The summed E-state index contributed by atoms with van der Waals surface area (Å²) in [5, 5.41) is 10.4. The van der Waals surface area contributed by atoms with Crippen molar-refractivity contribution < 1.29 is 0 Å². The predicted molar refractivity (Wildman–Crippen MR) is 66.8 cm³/mol. The van der Waals surface area contributed by atoms with Crippen molar-refractivity contribution in [3.63, 3.8) is 0 Å². The molecule has 1 aromatic rings. The summed E-state index contributed by atoms with van der Waals surface area (Å²) in [7, 11) is 0. The van der Waals surface area contributed by atoms with E-state index < -0.39 is 0 Å². The molecular formula is C11H15N3S. The van der Waals surface area contributed by atoms with Gasteiger partial charge < -0.3 is 10.6 Å². The van der Waals surface area contributed by atoms with Crippen LogP contribution in [0.4, 0.5) is 5.69 Å². The molecule has 1 heterocycles. The third kappa shape index (κ3) is 3.18. The van der Waals surface area contributed by atoms with Gasteiger partial charge in [0.15, 0.2) is 5.11 Å². The van der Waals surface area contributed by atoms with E-state index in [0.29, 0.717) is 11.3 Å². The molecule has 1 aliphatic heterocycles. The molecule has 3 nitrogen and oxygen atoms in total. The number of para-hydroxylation sites is 1. The third-order valence-corrected chi connectivity index (χ3v) is 2.62. The fraction of sp³-hybridized carbons (Fsp3) is 0.364. The van der Waals surface area contributed by atoms with Crippen LogP contribution in [0.1, 0.15) is 12.8 Å². The molecule has 80 valence electrons. The minimum Gasteiger partial charge on any atom is -0.347 e. The lowest BCUT2D eigenvalue weighted by Crippen LogP contribution is -2.43. The normalized spacial score (nSPS) is 19.9. The van der Waals surface area contributed by atoms with E-state index in [2.05, 4.69) is 16.0 Å². The molecular weight excluding hydrogens is 206 g/mol. The zero-order valence-electron chi connectivity index (χ0n) is 8.49. The first-order valence-electron chi connectivity index (χ1n) is 5.20. The van der Waals surface area contributed by atoms with Crippen molar-refractivity contribution in [2.75, 3.05) is 11.9 Å². The Morgan fingerprint density at radius 1 is 1.33 bits per heavy atom. The monoisotopic (exact) mass is 221 g/mol. The maximum atomic E-state index is 5.21. The highest BCUT2D eigenvalue weighted by molar-refractivity contribution is 7.80. The molecule has 0 radical (unpaired) electrons. The van der Waals surface area contributed by atoms with Gasteiger partial charge in [0, 0.05) is 5.69 Å². The molecule has 0 amide bonds. The lowest BCUT2D eigenvalue weighted by atomic mass is 10.3. The minimum absolute atomic E-state index is 0.328. The van der Waals surface area contributed by atoms with Gasteiger partial charge >= 0.3 is 0 Å². The van der Waals surface area contributed by atoms with Crippen LogP contribution in [0.5, 0.6) is 0 Å². The van der Waals surface area contributed by atoms with Crippen LogP contribution in [-0.2, 0) is 0 Å². The van der Waals surface area contributed by atoms with Crippen molar-refractivity contribution in [3.05, 3.63) is 30.3 Å². The Kier molecular flexibility index (Phi) is 3.53. The van der Waals surface area contributed by atoms with Gasteiger partial charge in [0.1, 0.15) is 0 Å². The second-order valence-electron chi connectivity index (χ2n) is 3.61. The lowest BCUT2D eigenvalue weighted by Gasteiger charge is -2.16. The van der Waals surface area contributed by atoms with E-state index in [1.807, 2.05) is 30.3 Å². The molecule has 0 aliphatic carbocycles. The van der Waals surface area contributed by atoms with Crippen LogP contribution >= 0.6 is 12.2 Å². The summed E-state index contributed by atoms with van der Waals surface area (Å²) in [6.07, 6.45) is 2.68. The quantitative estimate of drug-likeness (QED) is 0.664. The van der Waals surface area contributed by atoms with Gasteiger partial charge in [0.2, 0.25) is 0 Å². The number of benzene rings is 1. The molecule has 1 atom stereocenters. The van der Waals surface area contributed by atoms with Crippen molar-refractivity contribution in [2.45, 2.75) is 19.0 Å². The lowest BCUT2D eigenvalue weighted by molar-refractivity contribution is 0.574. The topological polar surface area (TPSA) is 36.1 Å². The van der Waals surface area contributed by atoms with Gasteiger partial charge in [-0.3, -0.25) is 5.32 Å². The number of hydrogen-bond donors (Lipinski definition) is 3. The van der Waals surface area contributed by atoms with E-state index >= 15 is 0 Å². The average Bonchev–Trinajstić information content (AvgIpc) is 2.71. The summed E-state index contributed by atoms with van der Waals surface area (Å²) in [6.45, 7) is 1.08. The Hall–Kier alpha value is -1.13. The van der Waals surface area contributed by atoms with Gasteiger partial charge in [-0.15, -0.1) is 0 Å². The van der Waals surface area contributed by atoms with Crippen LogP contribution < -0.4 is 16.0 Å². The van der Waals surface area contributed by atoms with Crippen molar-refractivity contribution >= 4 is 23.0 Å². The highest BCUT2D eigenvalue weighted by Crippen LogP contribution is 2.06. The molecule has 1 fully saturated rings. The van der Waals surface area contributed by atoms with Gasteiger partial charge in [0.05, 0.1) is 6.17 Å². The number of hydrogen-bond acceptors (Lipinski definition) is 2. The second kappa shape index (κ2) is 5.09. The second-order valence-corrected chi connectivity index (χ2v) is 4.02. The number of thiocarbonyl (C=S) groups is 1. The molecule has 15 heavy (non-hydrogen) atoms. The first kappa shape index (κ1) is 10.4. The first-order chi connectivity index (χ1) is 7.34. The SMILES string of the molecule is S=C(Nc1ccccc1)N[C@@H]1CCCN1. The van der Waals surface area contributed by atoms with E-state index in [9.17, 15) is 0 Å². The van der Waals surface area contributed by atoms with E-state index in [4.69, 9.17) is 12.2 Å². The molecule has 0 spiro atoms. The zero-order valence-corrected chi connectivity index (χ0v) is 9.31. The Morgan fingerprint density at radius 3 is 2.80 bits per heavy atom. The van der Waals surface area contributed by atoms with Crippen LogP contribution in [0.3, 0.4) is 0 Å². The summed E-state index contributed by atoms with van der Waals surface area (Å²) >= 11 is 5.21. The van der Waals surface area contributed by atoms with Crippen LogP contribution in [0.2, 0.25) is 0 Å². The minimum atomic E-state index is 0.328. The molecule has 1 saturated heterocycles.